The number of nitrogens with two attached hydrogens (primary N) is 1. The smallest absolute Gasteiger partial charge is 0.255 e. The Balaban J connectivity index is 1.49. The largest absolute Gasteiger partial charge is 0.497 e. The molecule has 0 fully saturated rings. The van der Waals surface area contributed by atoms with Crippen LogP contribution in [0.4, 0.5) is 11.4 Å². The fourth-order valence-corrected chi connectivity index (χ4v) is 3.87. The number of sulfonamides is 1. The molecule has 3 aromatic carbocycles. The van der Waals surface area contributed by atoms with Crippen LogP contribution in [-0.2, 0) is 14.8 Å². The van der Waals surface area contributed by atoms with Crippen LogP contribution >= 0.6 is 11.8 Å². The maximum atomic E-state index is 12.3. The lowest BCUT2D eigenvalue weighted by atomic mass is 10.2. The molecule has 0 heterocycles. The van der Waals surface area contributed by atoms with Crippen LogP contribution in [0.2, 0.25) is 0 Å². The number of carbonyl (C=O) groups excluding carboxylic acids is 2. The zero-order chi connectivity index (χ0) is 23.1. The van der Waals surface area contributed by atoms with E-state index < -0.39 is 10.0 Å². The van der Waals surface area contributed by atoms with Gasteiger partial charge in [-0.25, -0.2) is 13.6 Å². The number of nitrogens with one attached hydrogen (secondary N) is 2. The van der Waals surface area contributed by atoms with Gasteiger partial charge in [-0.1, -0.05) is 0 Å². The number of hydrogen-bond donors (Lipinski definition) is 3. The number of benzene rings is 3. The van der Waals surface area contributed by atoms with Crippen molar-refractivity contribution in [2.24, 2.45) is 5.14 Å². The normalized spacial score (nSPS) is 10.9. The molecule has 0 aliphatic carbocycles. The van der Waals surface area contributed by atoms with Crippen LogP contribution in [0.25, 0.3) is 0 Å². The number of ether oxygens (including phenoxy) is 1. The number of hydrogen-bond acceptors (Lipinski definition) is 6. The Labute approximate surface area is 190 Å². The Morgan fingerprint density at radius 2 is 1.44 bits per heavy atom. The minimum absolute atomic E-state index is 0.0240. The van der Waals surface area contributed by atoms with Crippen LogP contribution in [-0.4, -0.2) is 33.1 Å². The first kappa shape index (κ1) is 23.3. The number of amides is 2. The lowest BCUT2D eigenvalue weighted by molar-refractivity contribution is -0.113. The Morgan fingerprint density at radius 1 is 0.875 bits per heavy atom. The van der Waals surface area contributed by atoms with Crippen molar-refractivity contribution in [2.45, 2.75) is 9.79 Å². The highest BCUT2D eigenvalue weighted by molar-refractivity contribution is 8.00. The second kappa shape index (κ2) is 10.3. The first-order chi connectivity index (χ1) is 15.2. The van der Waals surface area contributed by atoms with Gasteiger partial charge in [0.1, 0.15) is 5.75 Å². The second-order valence-corrected chi connectivity index (χ2v) is 9.22. The molecular weight excluding hydrogens is 450 g/mol. The summed E-state index contributed by atoms with van der Waals surface area (Å²) in [6, 6.07) is 19.5. The Hall–Kier alpha value is -3.34. The predicted octanol–water partition coefficient (Wildman–Crippen LogP) is 3.33. The van der Waals surface area contributed by atoms with Crippen molar-refractivity contribution < 1.29 is 22.7 Å². The van der Waals surface area contributed by atoms with Gasteiger partial charge < -0.3 is 15.4 Å². The summed E-state index contributed by atoms with van der Waals surface area (Å²) >= 11 is 1.33. The van der Waals surface area contributed by atoms with Gasteiger partial charge in [-0.05, 0) is 72.8 Å². The number of anilines is 2. The van der Waals surface area contributed by atoms with E-state index in [1.54, 1.807) is 43.5 Å². The van der Waals surface area contributed by atoms with Crippen molar-refractivity contribution in [3.63, 3.8) is 0 Å². The minimum atomic E-state index is -3.77. The predicted molar refractivity (Wildman–Crippen MR) is 125 cm³/mol. The summed E-state index contributed by atoms with van der Waals surface area (Å²) < 4.78 is 27.6. The molecule has 0 atom stereocenters. The zero-order valence-corrected chi connectivity index (χ0v) is 18.7. The second-order valence-electron chi connectivity index (χ2n) is 6.61. The standard InChI is InChI=1S/C22H21N3O5S2/c1-30-18-8-2-15(3-9-18)22(27)25-17-4-10-19(11-5-17)31-14-21(26)24-16-6-12-20(13-7-16)32(23,28)29/h2-13H,14H2,1H3,(H,24,26)(H,25,27)(H2,23,28,29). The van der Waals surface area contributed by atoms with Crippen LogP contribution in [0.3, 0.4) is 0 Å². The van der Waals surface area contributed by atoms with Crippen molar-refractivity contribution in [3.8, 4) is 5.75 Å². The van der Waals surface area contributed by atoms with Crippen molar-refractivity contribution in [2.75, 3.05) is 23.5 Å². The molecule has 8 nitrogen and oxygen atoms in total. The van der Waals surface area contributed by atoms with Crippen LogP contribution in [0.15, 0.2) is 82.6 Å². The minimum Gasteiger partial charge on any atom is -0.497 e. The van der Waals surface area contributed by atoms with Gasteiger partial charge in [0, 0.05) is 21.8 Å². The molecule has 2 amide bonds. The average molecular weight is 472 g/mol. The maximum Gasteiger partial charge on any atom is 0.255 e. The van der Waals surface area contributed by atoms with Crippen molar-refractivity contribution >= 4 is 45.0 Å². The fraction of sp³-hybridized carbons (Fsp3) is 0.0909. The van der Waals surface area contributed by atoms with E-state index in [1.807, 2.05) is 12.1 Å². The van der Waals surface area contributed by atoms with Crippen molar-refractivity contribution in [1.82, 2.24) is 0 Å². The highest BCUT2D eigenvalue weighted by Gasteiger charge is 2.09. The Morgan fingerprint density at radius 3 is 2.00 bits per heavy atom. The van der Waals surface area contributed by atoms with E-state index in [1.165, 1.54) is 36.0 Å². The van der Waals surface area contributed by atoms with Crippen LogP contribution in [0, 0.1) is 0 Å². The van der Waals surface area contributed by atoms with Gasteiger partial charge in [0.05, 0.1) is 17.8 Å². The summed E-state index contributed by atoms with van der Waals surface area (Å²) in [6.07, 6.45) is 0. The third-order valence-electron chi connectivity index (χ3n) is 4.30. The van der Waals surface area contributed by atoms with Crippen molar-refractivity contribution in [3.05, 3.63) is 78.4 Å². The van der Waals surface area contributed by atoms with E-state index in [-0.39, 0.29) is 22.5 Å². The molecule has 0 aromatic heterocycles. The van der Waals surface area contributed by atoms with Gasteiger partial charge in [0.15, 0.2) is 0 Å². The van der Waals surface area contributed by atoms with E-state index in [4.69, 9.17) is 9.88 Å². The van der Waals surface area contributed by atoms with E-state index in [0.717, 1.165) is 4.90 Å². The Bertz CT molecular complexity index is 1190. The van der Waals surface area contributed by atoms with Gasteiger partial charge in [0.25, 0.3) is 5.91 Å². The van der Waals surface area contributed by atoms with Gasteiger partial charge in [-0.2, -0.15) is 0 Å². The van der Waals surface area contributed by atoms with Gasteiger partial charge in [-0.3, -0.25) is 9.59 Å². The third kappa shape index (κ3) is 6.58. The summed E-state index contributed by atoms with van der Waals surface area (Å²) in [7, 11) is -2.21. The molecule has 0 aliphatic heterocycles. The van der Waals surface area contributed by atoms with E-state index in [2.05, 4.69) is 10.6 Å². The molecule has 0 saturated carbocycles. The summed E-state index contributed by atoms with van der Waals surface area (Å²) in [5.41, 5.74) is 1.62. The number of primary sulfonamides is 1. The van der Waals surface area contributed by atoms with Crippen LogP contribution in [0.5, 0.6) is 5.75 Å². The molecule has 0 radical (unpaired) electrons. The van der Waals surface area contributed by atoms with Crippen LogP contribution in [0.1, 0.15) is 10.4 Å². The molecule has 0 aliphatic rings. The molecule has 4 N–H and O–H groups in total. The lowest BCUT2D eigenvalue weighted by Crippen LogP contribution is -2.15. The van der Waals surface area contributed by atoms with Crippen molar-refractivity contribution in [1.29, 1.82) is 0 Å². The molecule has 0 spiro atoms. The maximum absolute atomic E-state index is 12.3. The quantitative estimate of drug-likeness (QED) is 0.433. The molecular formula is C22H21N3O5S2. The monoisotopic (exact) mass is 471 g/mol. The number of thioether (sulfide) groups is 1. The molecule has 32 heavy (non-hydrogen) atoms. The molecule has 0 unspecified atom stereocenters. The number of rotatable bonds is 8. The SMILES string of the molecule is COc1ccc(C(=O)Nc2ccc(SCC(=O)Nc3ccc(S(N)(=O)=O)cc3)cc2)cc1. The average Bonchev–Trinajstić information content (AvgIpc) is 2.78. The third-order valence-corrected chi connectivity index (χ3v) is 6.24. The van der Waals surface area contributed by atoms with Gasteiger partial charge in [0.2, 0.25) is 15.9 Å². The van der Waals surface area contributed by atoms with E-state index in [0.29, 0.717) is 22.7 Å². The summed E-state index contributed by atoms with van der Waals surface area (Å²) in [5, 5.41) is 10.6. The highest BCUT2D eigenvalue weighted by Crippen LogP contribution is 2.22. The van der Waals surface area contributed by atoms with Crippen LogP contribution < -0.4 is 20.5 Å². The van der Waals surface area contributed by atoms with E-state index in [9.17, 15) is 18.0 Å². The van der Waals surface area contributed by atoms with E-state index >= 15 is 0 Å². The molecule has 3 aromatic rings. The summed E-state index contributed by atoms with van der Waals surface area (Å²) in [4.78, 5) is 25.3. The first-order valence-corrected chi connectivity index (χ1v) is 11.9. The molecule has 166 valence electrons. The summed E-state index contributed by atoms with van der Waals surface area (Å²) in [5.74, 6) is 0.359. The lowest BCUT2D eigenvalue weighted by Gasteiger charge is -2.08. The van der Waals surface area contributed by atoms with Gasteiger partial charge >= 0.3 is 0 Å². The summed E-state index contributed by atoms with van der Waals surface area (Å²) in [6.45, 7) is 0. The topological polar surface area (TPSA) is 128 Å². The number of carbonyl (C=O) groups is 2. The number of methoxy groups -OCH3 is 1. The zero-order valence-electron chi connectivity index (χ0n) is 17.1. The first-order valence-electron chi connectivity index (χ1n) is 9.35. The molecule has 0 saturated heterocycles. The molecule has 3 rings (SSSR count). The molecule has 0 bridgehead atoms. The van der Waals surface area contributed by atoms with Gasteiger partial charge in [-0.15, -0.1) is 11.8 Å². The highest BCUT2D eigenvalue weighted by atomic mass is 32.2. The fourth-order valence-electron chi connectivity index (χ4n) is 2.65. The molecule has 10 heteroatoms. The Kier molecular flexibility index (Phi) is 7.52.